The average Bonchev–Trinajstić information content (AvgIpc) is 3.19. The molecule has 0 aromatic carbocycles. The van der Waals surface area contributed by atoms with Gasteiger partial charge in [0.25, 0.3) is 5.91 Å². The van der Waals surface area contributed by atoms with Crippen molar-refractivity contribution in [3.05, 3.63) is 29.5 Å². The van der Waals surface area contributed by atoms with Gasteiger partial charge >= 0.3 is 0 Å². The first-order chi connectivity index (χ1) is 10.3. The highest BCUT2D eigenvalue weighted by molar-refractivity contribution is 5.91. The normalized spacial score (nSPS) is 22.1. The molecule has 1 amide bonds. The molecule has 5 heteroatoms. The molecule has 0 spiro atoms. The zero-order valence-electron chi connectivity index (χ0n) is 12.4. The summed E-state index contributed by atoms with van der Waals surface area (Å²) in [6.07, 6.45) is 11.8. The highest BCUT2D eigenvalue weighted by Crippen LogP contribution is 2.22. The van der Waals surface area contributed by atoms with Gasteiger partial charge in [-0.15, -0.1) is 0 Å². The van der Waals surface area contributed by atoms with Gasteiger partial charge in [-0.2, -0.15) is 0 Å². The number of hydrogen-bond acceptors (Lipinski definition) is 4. The van der Waals surface area contributed by atoms with E-state index in [0.29, 0.717) is 18.1 Å². The Balaban J connectivity index is 1.47. The summed E-state index contributed by atoms with van der Waals surface area (Å²) < 4.78 is 5.42. The van der Waals surface area contributed by atoms with Crippen LogP contribution in [0.2, 0.25) is 0 Å². The molecule has 5 nitrogen and oxygen atoms in total. The van der Waals surface area contributed by atoms with E-state index in [4.69, 9.17) is 4.42 Å². The first-order valence-corrected chi connectivity index (χ1v) is 7.98. The van der Waals surface area contributed by atoms with Crippen molar-refractivity contribution in [3.8, 4) is 0 Å². The number of aromatic nitrogens is 1. The van der Waals surface area contributed by atoms with Crippen molar-refractivity contribution in [2.45, 2.75) is 51.0 Å². The number of nitrogens with one attached hydrogen (secondary N) is 2. The molecule has 0 bridgehead atoms. The SMILES string of the molecule is O=C(NCCC1=CCCCC1)c1coc(C2CCCN2)n1. The molecule has 0 saturated carbocycles. The molecule has 0 radical (unpaired) electrons. The van der Waals surface area contributed by atoms with Crippen molar-refractivity contribution in [3.63, 3.8) is 0 Å². The summed E-state index contributed by atoms with van der Waals surface area (Å²) >= 11 is 0. The van der Waals surface area contributed by atoms with E-state index in [0.717, 1.165) is 25.8 Å². The summed E-state index contributed by atoms with van der Waals surface area (Å²) in [4.78, 5) is 16.3. The Hall–Kier alpha value is -1.62. The molecule has 1 aromatic rings. The van der Waals surface area contributed by atoms with Gasteiger partial charge < -0.3 is 15.1 Å². The van der Waals surface area contributed by atoms with Gasteiger partial charge in [0.15, 0.2) is 5.69 Å². The smallest absolute Gasteiger partial charge is 0.273 e. The third kappa shape index (κ3) is 3.73. The van der Waals surface area contributed by atoms with Crippen molar-refractivity contribution in [2.24, 2.45) is 0 Å². The predicted molar refractivity (Wildman–Crippen MR) is 80.0 cm³/mol. The van der Waals surface area contributed by atoms with Crippen molar-refractivity contribution in [1.82, 2.24) is 15.6 Å². The van der Waals surface area contributed by atoms with Gasteiger partial charge in [0.2, 0.25) is 5.89 Å². The van der Waals surface area contributed by atoms with E-state index in [2.05, 4.69) is 21.7 Å². The fourth-order valence-corrected chi connectivity index (χ4v) is 3.01. The molecular weight excluding hydrogens is 266 g/mol. The molecular formula is C16H23N3O2. The Morgan fingerprint density at radius 2 is 2.38 bits per heavy atom. The molecule has 1 unspecified atom stereocenters. The van der Waals surface area contributed by atoms with Crippen LogP contribution in [0.1, 0.15) is 67.4 Å². The third-order valence-corrected chi connectivity index (χ3v) is 4.23. The first kappa shape index (κ1) is 14.3. The zero-order chi connectivity index (χ0) is 14.5. The van der Waals surface area contributed by atoms with Crippen LogP contribution in [0.15, 0.2) is 22.3 Å². The molecule has 114 valence electrons. The number of carbonyl (C=O) groups excluding carboxylic acids is 1. The number of rotatable bonds is 5. The molecule has 1 saturated heterocycles. The van der Waals surface area contributed by atoms with Crippen LogP contribution in [0.5, 0.6) is 0 Å². The molecule has 3 rings (SSSR count). The van der Waals surface area contributed by atoms with E-state index < -0.39 is 0 Å². The quantitative estimate of drug-likeness (QED) is 0.818. The average molecular weight is 289 g/mol. The van der Waals surface area contributed by atoms with Crippen molar-refractivity contribution >= 4 is 5.91 Å². The number of nitrogens with zero attached hydrogens (tertiary/aromatic N) is 1. The molecule has 1 atom stereocenters. The Bertz CT molecular complexity index is 515. The van der Waals surface area contributed by atoms with Crippen LogP contribution >= 0.6 is 0 Å². The van der Waals surface area contributed by atoms with Gasteiger partial charge in [0.1, 0.15) is 6.26 Å². The molecule has 1 aliphatic heterocycles. The van der Waals surface area contributed by atoms with Crippen LogP contribution in [0, 0.1) is 0 Å². The lowest BCUT2D eigenvalue weighted by Crippen LogP contribution is -2.25. The summed E-state index contributed by atoms with van der Waals surface area (Å²) in [5.41, 5.74) is 1.86. The van der Waals surface area contributed by atoms with Crippen molar-refractivity contribution in [1.29, 1.82) is 0 Å². The van der Waals surface area contributed by atoms with Crippen LogP contribution in [0.3, 0.4) is 0 Å². The monoisotopic (exact) mass is 289 g/mol. The molecule has 1 aromatic heterocycles. The van der Waals surface area contributed by atoms with E-state index in [1.165, 1.54) is 37.5 Å². The highest BCUT2D eigenvalue weighted by atomic mass is 16.3. The van der Waals surface area contributed by atoms with E-state index in [1.807, 2.05) is 0 Å². The highest BCUT2D eigenvalue weighted by Gasteiger charge is 2.22. The largest absolute Gasteiger partial charge is 0.446 e. The predicted octanol–water partition coefficient (Wildman–Crippen LogP) is 2.72. The second-order valence-corrected chi connectivity index (χ2v) is 5.83. The van der Waals surface area contributed by atoms with Crippen LogP contribution in [0.25, 0.3) is 0 Å². The van der Waals surface area contributed by atoms with Gasteiger partial charge in [-0.05, 0) is 51.5 Å². The lowest BCUT2D eigenvalue weighted by molar-refractivity contribution is 0.0949. The second-order valence-electron chi connectivity index (χ2n) is 5.83. The lowest BCUT2D eigenvalue weighted by atomic mass is 9.97. The van der Waals surface area contributed by atoms with Crippen molar-refractivity contribution in [2.75, 3.05) is 13.1 Å². The van der Waals surface area contributed by atoms with E-state index in [9.17, 15) is 4.79 Å². The minimum atomic E-state index is -0.139. The van der Waals surface area contributed by atoms with Gasteiger partial charge in [-0.25, -0.2) is 4.98 Å². The molecule has 1 aliphatic carbocycles. The standard InChI is InChI=1S/C16H23N3O2/c20-15(18-10-8-12-5-2-1-3-6-12)14-11-21-16(19-14)13-7-4-9-17-13/h5,11,13,17H,1-4,6-10H2,(H,18,20). The summed E-state index contributed by atoms with van der Waals surface area (Å²) in [5.74, 6) is 0.493. The van der Waals surface area contributed by atoms with Crippen LogP contribution in [0.4, 0.5) is 0 Å². The minimum Gasteiger partial charge on any atom is -0.446 e. The number of amides is 1. The van der Waals surface area contributed by atoms with Crippen LogP contribution in [-0.2, 0) is 0 Å². The second kappa shape index (κ2) is 6.89. The molecule has 1 fully saturated rings. The fourth-order valence-electron chi connectivity index (χ4n) is 3.01. The van der Waals surface area contributed by atoms with Crippen LogP contribution in [-0.4, -0.2) is 24.0 Å². The van der Waals surface area contributed by atoms with Crippen LogP contribution < -0.4 is 10.6 Å². The number of oxazole rings is 1. The maximum absolute atomic E-state index is 12.0. The molecule has 2 heterocycles. The van der Waals surface area contributed by atoms with Gasteiger partial charge in [-0.1, -0.05) is 11.6 Å². The summed E-state index contributed by atoms with van der Waals surface area (Å²) in [5, 5.41) is 6.24. The number of allylic oxidation sites excluding steroid dienone is 1. The Kier molecular flexibility index (Phi) is 4.70. The molecule has 2 N–H and O–H groups in total. The molecule has 2 aliphatic rings. The van der Waals surface area contributed by atoms with E-state index in [-0.39, 0.29) is 11.9 Å². The van der Waals surface area contributed by atoms with E-state index >= 15 is 0 Å². The van der Waals surface area contributed by atoms with Gasteiger partial charge in [-0.3, -0.25) is 4.79 Å². The summed E-state index contributed by atoms with van der Waals surface area (Å²) in [6.45, 7) is 1.66. The maximum atomic E-state index is 12.0. The van der Waals surface area contributed by atoms with Crippen molar-refractivity contribution < 1.29 is 9.21 Å². The zero-order valence-corrected chi connectivity index (χ0v) is 12.4. The first-order valence-electron chi connectivity index (χ1n) is 7.98. The maximum Gasteiger partial charge on any atom is 0.273 e. The van der Waals surface area contributed by atoms with Gasteiger partial charge in [0.05, 0.1) is 6.04 Å². The lowest BCUT2D eigenvalue weighted by Gasteiger charge is -2.12. The Morgan fingerprint density at radius 1 is 1.43 bits per heavy atom. The number of carbonyl (C=O) groups is 1. The van der Waals surface area contributed by atoms with Gasteiger partial charge in [0, 0.05) is 6.54 Å². The topological polar surface area (TPSA) is 67.2 Å². The Morgan fingerprint density at radius 3 is 3.14 bits per heavy atom. The Labute approximate surface area is 125 Å². The third-order valence-electron chi connectivity index (χ3n) is 4.23. The molecule has 21 heavy (non-hydrogen) atoms. The summed E-state index contributed by atoms with van der Waals surface area (Å²) in [6, 6.07) is 0.166. The summed E-state index contributed by atoms with van der Waals surface area (Å²) in [7, 11) is 0. The minimum absolute atomic E-state index is 0.139. The number of hydrogen-bond donors (Lipinski definition) is 2. The van der Waals surface area contributed by atoms with E-state index in [1.54, 1.807) is 0 Å². The fraction of sp³-hybridized carbons (Fsp3) is 0.625.